The first-order valence-electron chi connectivity index (χ1n) is 27.1. The third-order valence-electron chi connectivity index (χ3n) is 20.9. The minimum Gasteiger partial charge on any atom is -0.486 e. The highest BCUT2D eigenvalue weighted by atomic mass is 16.5. The van der Waals surface area contributed by atoms with Crippen LogP contribution < -0.4 is 14.2 Å². The van der Waals surface area contributed by atoms with Crippen LogP contribution in [0.4, 0.5) is 0 Å². The van der Waals surface area contributed by atoms with E-state index in [9.17, 15) is 0 Å². The Morgan fingerprint density at radius 1 is 0.310 bits per heavy atom. The molecule has 3 saturated carbocycles. The third kappa shape index (κ3) is 5.46. The first-order valence-corrected chi connectivity index (χ1v) is 27.1. The minimum atomic E-state index is -0.193. The molecule has 0 radical (unpaired) electrons. The van der Waals surface area contributed by atoms with Gasteiger partial charge in [-0.2, -0.15) is 0 Å². The summed E-state index contributed by atoms with van der Waals surface area (Å²) in [7, 11) is 0. The molecule has 0 N–H and O–H groups in total. The van der Waals surface area contributed by atoms with Gasteiger partial charge in [0.2, 0.25) is 0 Å². The number of ether oxygens (including phenoxy) is 3. The summed E-state index contributed by atoms with van der Waals surface area (Å²) in [5, 5.41) is 10.4. The Hall–Kier alpha value is -6.32. The molecule has 0 spiro atoms. The van der Waals surface area contributed by atoms with E-state index in [-0.39, 0.29) is 33.0 Å². The minimum absolute atomic E-state index is 0.0390. The summed E-state index contributed by atoms with van der Waals surface area (Å²) in [5.41, 5.74) is 13.6. The normalized spacial score (nSPS) is 29.3. The average molecular weight is 929 g/mol. The highest BCUT2D eigenvalue weighted by Crippen LogP contribution is 2.61. The molecule has 3 fully saturated rings. The molecular weight excluding hydrogens is 865 g/mol. The van der Waals surface area contributed by atoms with Gasteiger partial charge in [-0.05, 0) is 215 Å². The van der Waals surface area contributed by atoms with Crippen LogP contribution in [-0.2, 0) is 16.2 Å². The molecule has 0 amide bonds. The Morgan fingerprint density at radius 2 is 0.676 bits per heavy atom. The van der Waals surface area contributed by atoms with Crippen molar-refractivity contribution in [2.45, 2.75) is 152 Å². The van der Waals surface area contributed by atoms with E-state index in [1.165, 1.54) is 143 Å². The predicted molar refractivity (Wildman–Crippen MR) is 294 cm³/mol. The van der Waals surface area contributed by atoms with Crippen LogP contribution in [0.25, 0.3) is 87.6 Å². The molecule has 0 bridgehead atoms. The van der Waals surface area contributed by atoms with Crippen LogP contribution in [-0.4, -0.2) is 16.8 Å². The van der Waals surface area contributed by atoms with Crippen molar-refractivity contribution in [1.82, 2.24) is 0 Å². The fourth-order valence-electron chi connectivity index (χ4n) is 16.0. The fraction of sp³-hybridized carbons (Fsp3) is 0.353. The van der Waals surface area contributed by atoms with Crippen molar-refractivity contribution in [3.05, 3.63) is 150 Å². The van der Waals surface area contributed by atoms with Crippen LogP contribution in [0, 0.1) is 0 Å². The number of rotatable bonds is 4. The summed E-state index contributed by atoms with van der Waals surface area (Å²) >= 11 is 0. The van der Waals surface area contributed by atoms with Crippen LogP contribution in [0.2, 0.25) is 0 Å². The maximum atomic E-state index is 6.96. The van der Waals surface area contributed by atoms with Crippen LogP contribution >= 0.6 is 0 Å². The summed E-state index contributed by atoms with van der Waals surface area (Å²) < 4.78 is 20.9. The van der Waals surface area contributed by atoms with Gasteiger partial charge in [-0.3, -0.25) is 0 Å². The lowest BCUT2D eigenvalue weighted by Crippen LogP contribution is -2.49. The van der Waals surface area contributed by atoms with Gasteiger partial charge in [0.05, 0.1) is 0 Å². The van der Waals surface area contributed by atoms with Crippen molar-refractivity contribution >= 4 is 43.1 Å². The predicted octanol–water partition coefficient (Wildman–Crippen LogP) is 18.4. The lowest BCUT2D eigenvalue weighted by molar-refractivity contribution is 0.00727. The van der Waals surface area contributed by atoms with Crippen LogP contribution in [0.1, 0.15) is 135 Å². The summed E-state index contributed by atoms with van der Waals surface area (Å²) in [6.45, 7) is 14.5. The van der Waals surface area contributed by atoms with E-state index in [0.29, 0.717) is 0 Å². The molecule has 3 aliphatic heterocycles. The molecule has 6 aliphatic rings. The number of benzene rings is 9. The van der Waals surface area contributed by atoms with E-state index < -0.39 is 0 Å². The van der Waals surface area contributed by atoms with Crippen molar-refractivity contribution < 1.29 is 14.2 Å². The van der Waals surface area contributed by atoms with Crippen molar-refractivity contribution in [2.24, 2.45) is 0 Å². The molecule has 354 valence electrons. The first kappa shape index (κ1) is 42.4. The van der Waals surface area contributed by atoms with E-state index in [1.54, 1.807) is 0 Å². The molecule has 15 rings (SSSR count). The van der Waals surface area contributed by atoms with Crippen LogP contribution in [0.3, 0.4) is 0 Å². The van der Waals surface area contributed by atoms with Gasteiger partial charge in [0, 0.05) is 32.9 Å². The smallest absolute Gasteiger partial charge is 0.124 e. The second kappa shape index (κ2) is 14.2. The second-order valence-corrected chi connectivity index (χ2v) is 24.3. The molecule has 3 nitrogen and oxygen atoms in total. The van der Waals surface area contributed by atoms with Crippen molar-refractivity contribution in [2.75, 3.05) is 0 Å². The van der Waals surface area contributed by atoms with Gasteiger partial charge < -0.3 is 14.2 Å². The molecule has 9 aromatic carbocycles. The highest BCUT2D eigenvalue weighted by molar-refractivity contribution is 6.32. The Labute approximate surface area is 418 Å². The molecule has 3 heteroatoms. The SMILES string of the molecule is CC12CCCCC1(C)c1cc(-c3cc(-c4ccc5c(c4)C4(C)CCCCC4(C)O5)c4ccc5c(-c6cccc7ccccc67)cc(-c6ccc7c(c6)C6(C)CCCCC6(C)O7)c6ccc3c4c65)ccc1O2. The summed E-state index contributed by atoms with van der Waals surface area (Å²) in [6, 6.07) is 52.1. The molecule has 6 unspecified atom stereocenters. The Bertz CT molecular complexity index is 3660. The second-order valence-electron chi connectivity index (χ2n) is 24.3. The van der Waals surface area contributed by atoms with Gasteiger partial charge in [0.25, 0.3) is 0 Å². The van der Waals surface area contributed by atoms with E-state index in [1.807, 2.05) is 0 Å². The van der Waals surface area contributed by atoms with Gasteiger partial charge >= 0.3 is 0 Å². The number of hydrogen-bond donors (Lipinski definition) is 0. The van der Waals surface area contributed by atoms with Crippen LogP contribution in [0.15, 0.2) is 133 Å². The quantitative estimate of drug-likeness (QED) is 0.165. The third-order valence-corrected chi connectivity index (χ3v) is 20.9. The van der Waals surface area contributed by atoms with Crippen molar-refractivity contribution in [3.63, 3.8) is 0 Å². The van der Waals surface area contributed by atoms with Gasteiger partial charge in [0.1, 0.15) is 34.1 Å². The van der Waals surface area contributed by atoms with Gasteiger partial charge in [-0.25, -0.2) is 0 Å². The Balaban J connectivity index is 1.04. The van der Waals surface area contributed by atoms with Gasteiger partial charge in [-0.15, -0.1) is 0 Å². The van der Waals surface area contributed by atoms with Crippen LogP contribution in [0.5, 0.6) is 17.2 Å². The van der Waals surface area contributed by atoms with Crippen molar-refractivity contribution in [3.8, 4) is 61.8 Å². The number of hydrogen-bond acceptors (Lipinski definition) is 3. The standard InChI is InChI=1S/C68H64O3/c1-63-30-9-12-33-66(63,4)69-58-27-20-42(36-55(58)63)51-39-52(43-21-28-59-56(37-43)64(2)31-10-13-34-67(64,5)70-59)48-25-26-50-54(46-19-15-17-41-16-7-8-18-45(41)46)40-53(49-24-23-47(51)61(48)62(49)50)44-22-29-60-57(38-44)65(3)32-11-14-35-68(65,6)71-60/h7-8,15-29,36-40H,9-14,30-35H2,1-6H3. The molecule has 3 aliphatic carbocycles. The maximum absolute atomic E-state index is 6.96. The topological polar surface area (TPSA) is 27.7 Å². The maximum Gasteiger partial charge on any atom is 0.124 e. The molecule has 0 aromatic heterocycles. The Morgan fingerprint density at radius 3 is 1.11 bits per heavy atom. The van der Waals surface area contributed by atoms with E-state index in [4.69, 9.17) is 14.2 Å². The summed E-state index contributed by atoms with van der Waals surface area (Å²) in [5.74, 6) is 3.19. The van der Waals surface area contributed by atoms with E-state index in [2.05, 4.69) is 175 Å². The lowest BCUT2D eigenvalue weighted by atomic mass is 9.62. The summed E-state index contributed by atoms with van der Waals surface area (Å²) in [4.78, 5) is 0. The highest BCUT2D eigenvalue weighted by Gasteiger charge is 2.57. The van der Waals surface area contributed by atoms with Gasteiger partial charge in [-0.1, -0.05) is 125 Å². The van der Waals surface area contributed by atoms with E-state index in [0.717, 1.165) is 55.8 Å². The molecule has 3 heterocycles. The fourth-order valence-corrected chi connectivity index (χ4v) is 16.0. The zero-order valence-corrected chi connectivity index (χ0v) is 42.4. The summed E-state index contributed by atoms with van der Waals surface area (Å²) in [6.07, 6.45) is 14.1. The Kier molecular flexibility index (Phi) is 8.48. The monoisotopic (exact) mass is 928 g/mol. The molecule has 6 atom stereocenters. The molecule has 0 saturated heterocycles. The zero-order chi connectivity index (χ0) is 47.9. The molecular formula is C68H64O3. The largest absolute Gasteiger partial charge is 0.486 e. The first-order chi connectivity index (χ1) is 34.3. The molecule has 71 heavy (non-hydrogen) atoms. The lowest BCUT2D eigenvalue weighted by Gasteiger charge is -2.43. The van der Waals surface area contributed by atoms with Crippen molar-refractivity contribution in [1.29, 1.82) is 0 Å². The van der Waals surface area contributed by atoms with Gasteiger partial charge in [0.15, 0.2) is 0 Å². The average Bonchev–Trinajstić information content (AvgIpc) is 3.88. The zero-order valence-electron chi connectivity index (χ0n) is 42.4. The van der Waals surface area contributed by atoms with E-state index >= 15 is 0 Å². The number of fused-ring (bicyclic) bond motifs is 10. The molecule has 9 aromatic rings.